The van der Waals surface area contributed by atoms with Crippen LogP contribution in [0.1, 0.15) is 43.9 Å². The van der Waals surface area contributed by atoms with Crippen LogP contribution in [0, 0.1) is 5.82 Å². The number of piperidine rings is 1. The number of carbonyl (C=O) groups excluding carboxylic acids is 1. The van der Waals surface area contributed by atoms with Gasteiger partial charge < -0.3 is 15.4 Å². The fraction of sp³-hybridized carbons (Fsp3) is 0.375. The van der Waals surface area contributed by atoms with Crippen molar-refractivity contribution in [1.29, 1.82) is 0 Å². The van der Waals surface area contributed by atoms with E-state index in [1.54, 1.807) is 30.9 Å². The molecular weight excluding hydrogens is 510 g/mol. The van der Waals surface area contributed by atoms with Crippen molar-refractivity contribution >= 4 is 34.9 Å². The van der Waals surface area contributed by atoms with Gasteiger partial charge in [-0.25, -0.2) is 14.9 Å². The van der Waals surface area contributed by atoms with E-state index in [4.69, 9.17) is 38.9 Å². The molecule has 0 radical (unpaired) electrons. The highest BCUT2D eigenvalue weighted by atomic mass is 35.5. The molecule has 0 bridgehead atoms. The van der Waals surface area contributed by atoms with Gasteiger partial charge in [-0.3, -0.25) is 14.7 Å². The molecule has 1 aromatic carbocycles. The predicted molar refractivity (Wildman–Crippen MR) is 135 cm³/mol. The molecule has 1 atom stereocenters. The molecule has 1 amide bonds. The van der Waals surface area contributed by atoms with Crippen LogP contribution in [0.2, 0.25) is 10.0 Å². The monoisotopic (exact) mass is 536 g/mol. The average Bonchev–Trinajstić information content (AvgIpc) is 3.37. The van der Waals surface area contributed by atoms with Gasteiger partial charge in [0.15, 0.2) is 11.6 Å². The first-order chi connectivity index (χ1) is 17.3. The Morgan fingerprint density at radius 1 is 1.31 bits per heavy atom. The number of nitrogens with one attached hydrogen (secondary N) is 1. The zero-order chi connectivity index (χ0) is 25.8. The van der Waals surface area contributed by atoms with Gasteiger partial charge in [0, 0.05) is 60.2 Å². The van der Waals surface area contributed by atoms with E-state index in [0.29, 0.717) is 22.9 Å². The number of carbonyl (C=O) groups is 1. The third kappa shape index (κ3) is 5.89. The first-order valence-electron chi connectivity index (χ1n) is 11.5. The summed E-state index contributed by atoms with van der Waals surface area (Å²) in [4.78, 5) is 17.7. The molecule has 2 aromatic heterocycles. The van der Waals surface area contributed by atoms with Gasteiger partial charge in [-0.2, -0.15) is 5.10 Å². The zero-order valence-electron chi connectivity index (χ0n) is 19.6. The van der Waals surface area contributed by atoms with Crippen molar-refractivity contribution in [2.75, 3.05) is 25.4 Å². The Kier molecular flexibility index (Phi) is 8.30. The topological polar surface area (TPSA) is 119 Å². The summed E-state index contributed by atoms with van der Waals surface area (Å²) >= 11 is 12.4. The van der Waals surface area contributed by atoms with Gasteiger partial charge in [-0.15, -0.1) is 0 Å². The fourth-order valence-electron chi connectivity index (χ4n) is 4.28. The molecule has 3 heterocycles. The molecule has 0 saturated carbocycles. The van der Waals surface area contributed by atoms with Crippen LogP contribution in [0.5, 0.6) is 5.75 Å². The molecule has 192 valence electrons. The maximum Gasteiger partial charge on any atom is 0.244 e. The van der Waals surface area contributed by atoms with Gasteiger partial charge in [0.05, 0.1) is 17.3 Å². The van der Waals surface area contributed by atoms with E-state index in [0.717, 1.165) is 37.1 Å². The summed E-state index contributed by atoms with van der Waals surface area (Å²) in [6.45, 7) is 3.99. The number of likely N-dealkylation sites (tertiary alicyclic amines) is 1. The second-order valence-corrected chi connectivity index (χ2v) is 9.48. The van der Waals surface area contributed by atoms with Crippen LogP contribution in [0.3, 0.4) is 0 Å². The number of rotatable bonds is 8. The lowest BCUT2D eigenvalue weighted by molar-refractivity contribution is -0.129. The molecule has 4 N–H and O–H groups in total. The number of benzene rings is 1. The summed E-state index contributed by atoms with van der Waals surface area (Å²) in [6, 6.07) is 4.63. The molecule has 0 aliphatic carbocycles. The molecular formula is C24H27Cl2FN6O3. The lowest BCUT2D eigenvalue weighted by Gasteiger charge is -2.31. The van der Waals surface area contributed by atoms with E-state index >= 15 is 0 Å². The van der Waals surface area contributed by atoms with Crippen molar-refractivity contribution in [2.24, 2.45) is 0 Å². The summed E-state index contributed by atoms with van der Waals surface area (Å²) in [5.41, 5.74) is 9.66. The van der Waals surface area contributed by atoms with Crippen LogP contribution < -0.4 is 16.0 Å². The molecule has 4 rings (SSSR count). The largest absolute Gasteiger partial charge is 0.482 e. The Hall–Kier alpha value is -2.92. The summed E-state index contributed by atoms with van der Waals surface area (Å²) < 4.78 is 21.9. The lowest BCUT2D eigenvalue weighted by Crippen LogP contribution is -2.37. The van der Waals surface area contributed by atoms with Crippen LogP contribution in [-0.2, 0) is 4.79 Å². The highest BCUT2D eigenvalue weighted by molar-refractivity contribution is 6.36. The van der Waals surface area contributed by atoms with E-state index in [1.807, 2.05) is 10.9 Å². The zero-order valence-corrected chi connectivity index (χ0v) is 21.1. The number of anilines is 1. The molecule has 0 spiro atoms. The lowest BCUT2D eigenvalue weighted by atomic mass is 10.0. The average molecular weight is 537 g/mol. The first-order valence-corrected chi connectivity index (χ1v) is 12.3. The van der Waals surface area contributed by atoms with Gasteiger partial charge in [0.1, 0.15) is 11.9 Å². The number of aromatic nitrogens is 3. The Morgan fingerprint density at radius 2 is 2.06 bits per heavy atom. The maximum atomic E-state index is 14.0. The van der Waals surface area contributed by atoms with Crippen LogP contribution in [-0.4, -0.2) is 50.4 Å². The molecule has 36 heavy (non-hydrogen) atoms. The van der Waals surface area contributed by atoms with Gasteiger partial charge in [-0.05, 0) is 38.0 Å². The van der Waals surface area contributed by atoms with Crippen molar-refractivity contribution < 1.29 is 19.1 Å². The number of nitrogens with zero attached hydrogens (tertiary/aromatic N) is 4. The van der Waals surface area contributed by atoms with E-state index in [-0.39, 0.29) is 29.2 Å². The first kappa shape index (κ1) is 26.2. The summed E-state index contributed by atoms with van der Waals surface area (Å²) in [7, 11) is 0. The van der Waals surface area contributed by atoms with Crippen LogP contribution in [0.25, 0.3) is 11.1 Å². The van der Waals surface area contributed by atoms with Crippen molar-refractivity contribution in [3.8, 4) is 16.9 Å². The van der Waals surface area contributed by atoms with Gasteiger partial charge >= 0.3 is 0 Å². The molecule has 1 saturated heterocycles. The molecule has 12 heteroatoms. The molecule has 1 fully saturated rings. The second kappa shape index (κ2) is 11.4. The molecule has 3 aromatic rings. The van der Waals surface area contributed by atoms with Crippen molar-refractivity contribution in [2.45, 2.75) is 38.3 Å². The number of pyridine rings is 1. The number of hydroxylamine groups is 1. The highest BCUT2D eigenvalue weighted by Gasteiger charge is 2.23. The van der Waals surface area contributed by atoms with Gasteiger partial charge in [0.25, 0.3) is 0 Å². The van der Waals surface area contributed by atoms with E-state index in [2.05, 4.69) is 15.0 Å². The quantitative estimate of drug-likeness (QED) is 0.218. The number of halogens is 3. The number of hydrogen-bond donors (Lipinski definition) is 3. The van der Waals surface area contributed by atoms with Crippen LogP contribution >= 0.6 is 23.2 Å². The number of hydrogen-bond acceptors (Lipinski definition) is 7. The predicted octanol–water partition coefficient (Wildman–Crippen LogP) is 4.65. The third-order valence-corrected chi connectivity index (χ3v) is 7.03. The molecule has 9 nitrogen and oxygen atoms in total. The SMILES string of the molecule is CC(Oc1cc(-c2cnn(C3CCN(CCC(=O)NO)CC3)c2)cnc1N)c1c(Cl)ccc(F)c1Cl. The highest BCUT2D eigenvalue weighted by Crippen LogP contribution is 2.37. The minimum Gasteiger partial charge on any atom is -0.482 e. The maximum absolute atomic E-state index is 14.0. The standard InChI is InChI=1S/C24H27Cl2FN6O3/c1-14(22-18(25)2-3-19(27)23(22)26)36-20-10-15(11-29-24(20)28)16-12-30-33(13-16)17-4-7-32(8-5-17)9-6-21(34)31-35/h2-3,10-14,17,35H,4-9H2,1H3,(H2,28,29)(H,31,34). The van der Waals surface area contributed by atoms with Crippen molar-refractivity contribution in [3.05, 3.63) is 58.2 Å². The van der Waals surface area contributed by atoms with Crippen LogP contribution in [0.15, 0.2) is 36.8 Å². The molecule has 1 unspecified atom stereocenters. The van der Waals surface area contributed by atoms with Crippen molar-refractivity contribution in [1.82, 2.24) is 25.1 Å². The number of ether oxygens (including phenoxy) is 1. The Morgan fingerprint density at radius 3 is 2.78 bits per heavy atom. The minimum atomic E-state index is -0.670. The summed E-state index contributed by atoms with van der Waals surface area (Å²) in [5, 5.41) is 13.4. The second-order valence-electron chi connectivity index (χ2n) is 8.69. The number of nitrogen functional groups attached to an aromatic ring is 1. The Labute approximate surface area is 217 Å². The fourth-order valence-corrected chi connectivity index (χ4v) is 4.96. The van der Waals surface area contributed by atoms with Gasteiger partial charge in [-0.1, -0.05) is 23.2 Å². The van der Waals surface area contributed by atoms with E-state index in [1.165, 1.54) is 12.1 Å². The van der Waals surface area contributed by atoms with Crippen molar-refractivity contribution in [3.63, 3.8) is 0 Å². The number of amides is 1. The molecule has 1 aliphatic rings. The minimum absolute atomic E-state index is 0.0957. The van der Waals surface area contributed by atoms with E-state index < -0.39 is 11.9 Å². The third-order valence-electron chi connectivity index (χ3n) is 6.32. The smallest absolute Gasteiger partial charge is 0.244 e. The summed E-state index contributed by atoms with van der Waals surface area (Å²) in [6.07, 6.45) is 6.74. The summed E-state index contributed by atoms with van der Waals surface area (Å²) in [5.74, 6) is -0.459. The Bertz CT molecular complexity index is 1230. The molecule has 1 aliphatic heterocycles. The number of nitrogens with two attached hydrogens (primary N) is 1. The Balaban J connectivity index is 1.44. The van der Waals surface area contributed by atoms with E-state index in [9.17, 15) is 9.18 Å². The van der Waals surface area contributed by atoms with Gasteiger partial charge in [0.2, 0.25) is 5.91 Å². The normalized spacial score (nSPS) is 15.6. The van der Waals surface area contributed by atoms with Crippen LogP contribution in [0.4, 0.5) is 10.2 Å².